The van der Waals surface area contributed by atoms with Gasteiger partial charge in [0.05, 0.1) is 5.56 Å². The molecule has 0 bridgehead atoms. The predicted molar refractivity (Wildman–Crippen MR) is 83.5 cm³/mol. The van der Waals surface area contributed by atoms with Gasteiger partial charge in [0.15, 0.2) is 0 Å². The number of rotatable bonds is 2. The lowest BCUT2D eigenvalue weighted by Crippen LogP contribution is -2.49. The fourth-order valence-corrected chi connectivity index (χ4v) is 2.58. The second-order valence-electron chi connectivity index (χ2n) is 5.31. The van der Waals surface area contributed by atoms with E-state index in [4.69, 9.17) is 5.26 Å². The number of benzene rings is 1. The summed E-state index contributed by atoms with van der Waals surface area (Å²) in [5.74, 6) is 0.232. The van der Waals surface area contributed by atoms with Crippen LogP contribution < -0.4 is 4.90 Å². The maximum Gasteiger partial charge on any atom is 0.254 e. The number of carbonyl (C=O) groups is 1. The molecule has 3 rings (SSSR count). The number of piperazine rings is 1. The zero-order valence-corrected chi connectivity index (χ0v) is 12.4. The third kappa shape index (κ3) is 3.29. The van der Waals surface area contributed by atoms with Gasteiger partial charge in [0.1, 0.15) is 17.7 Å². The highest BCUT2D eigenvalue weighted by Crippen LogP contribution is 2.15. The van der Waals surface area contributed by atoms with Crippen LogP contribution in [0.25, 0.3) is 0 Å². The number of hydrogen-bond acceptors (Lipinski definition) is 4. The Balaban J connectivity index is 1.64. The van der Waals surface area contributed by atoms with E-state index in [0.717, 1.165) is 5.82 Å². The fourth-order valence-electron chi connectivity index (χ4n) is 2.58. The van der Waals surface area contributed by atoms with Gasteiger partial charge in [0.2, 0.25) is 0 Å². The summed E-state index contributed by atoms with van der Waals surface area (Å²) in [6, 6.07) is 11.3. The largest absolute Gasteiger partial charge is 0.353 e. The van der Waals surface area contributed by atoms with Gasteiger partial charge in [-0.3, -0.25) is 4.79 Å². The molecule has 0 N–H and O–H groups in total. The molecule has 23 heavy (non-hydrogen) atoms. The van der Waals surface area contributed by atoms with Crippen LogP contribution in [-0.2, 0) is 0 Å². The summed E-state index contributed by atoms with van der Waals surface area (Å²) in [6.45, 7) is 2.41. The van der Waals surface area contributed by atoms with Crippen molar-refractivity contribution >= 4 is 11.7 Å². The van der Waals surface area contributed by atoms with Gasteiger partial charge in [0.25, 0.3) is 5.91 Å². The molecule has 1 aliphatic rings. The second kappa shape index (κ2) is 6.44. The molecule has 1 aromatic carbocycles. The van der Waals surface area contributed by atoms with Gasteiger partial charge in [0, 0.05) is 37.9 Å². The Labute approximate surface area is 133 Å². The normalized spacial score (nSPS) is 14.4. The van der Waals surface area contributed by atoms with E-state index in [1.54, 1.807) is 29.3 Å². The molecule has 0 aliphatic carbocycles. The Morgan fingerprint density at radius 1 is 1.17 bits per heavy atom. The molecule has 1 saturated heterocycles. The standard InChI is InChI=1S/C17H15FN4O/c18-15-3-1-2-14(10-15)17(23)22-8-6-21(7-9-22)16-5-4-13(11-19)12-20-16/h1-5,10,12H,6-9H2. The number of pyridine rings is 1. The fraction of sp³-hybridized carbons (Fsp3) is 0.235. The number of nitrogens with zero attached hydrogens (tertiary/aromatic N) is 4. The van der Waals surface area contributed by atoms with Gasteiger partial charge < -0.3 is 9.80 Å². The molecule has 6 heteroatoms. The maximum atomic E-state index is 13.2. The number of anilines is 1. The molecule has 5 nitrogen and oxygen atoms in total. The van der Waals surface area contributed by atoms with Crippen molar-refractivity contribution in [1.82, 2.24) is 9.88 Å². The lowest BCUT2D eigenvalue weighted by Gasteiger charge is -2.35. The molecule has 0 radical (unpaired) electrons. The van der Waals surface area contributed by atoms with Crippen LogP contribution in [0.4, 0.5) is 10.2 Å². The summed E-state index contributed by atoms with van der Waals surface area (Å²) in [7, 11) is 0. The lowest BCUT2D eigenvalue weighted by molar-refractivity contribution is 0.0746. The average Bonchev–Trinajstić information content (AvgIpc) is 2.61. The van der Waals surface area contributed by atoms with E-state index in [9.17, 15) is 9.18 Å². The quantitative estimate of drug-likeness (QED) is 0.852. The summed E-state index contributed by atoms with van der Waals surface area (Å²) < 4.78 is 13.2. The highest BCUT2D eigenvalue weighted by molar-refractivity contribution is 5.94. The minimum Gasteiger partial charge on any atom is -0.353 e. The molecule has 0 unspecified atom stereocenters. The molecule has 2 aromatic rings. The molecule has 1 amide bonds. The highest BCUT2D eigenvalue weighted by Gasteiger charge is 2.23. The molecule has 0 spiro atoms. The summed E-state index contributed by atoms with van der Waals surface area (Å²) >= 11 is 0. The van der Waals surface area contributed by atoms with Crippen LogP contribution in [0, 0.1) is 17.1 Å². The molecule has 1 fully saturated rings. The van der Waals surface area contributed by atoms with E-state index in [-0.39, 0.29) is 5.91 Å². The third-order valence-electron chi connectivity index (χ3n) is 3.84. The molecular weight excluding hydrogens is 295 g/mol. The van der Waals surface area contributed by atoms with Gasteiger partial charge in [-0.15, -0.1) is 0 Å². The van der Waals surface area contributed by atoms with Crippen molar-refractivity contribution in [2.24, 2.45) is 0 Å². The molecule has 0 atom stereocenters. The van der Waals surface area contributed by atoms with Crippen LogP contribution in [0.15, 0.2) is 42.6 Å². The van der Waals surface area contributed by atoms with Crippen molar-refractivity contribution in [3.63, 3.8) is 0 Å². The molecule has 2 heterocycles. The summed E-state index contributed by atoms with van der Waals surface area (Å²) in [4.78, 5) is 20.4. The summed E-state index contributed by atoms with van der Waals surface area (Å²) in [5, 5.41) is 8.79. The first-order chi connectivity index (χ1) is 11.2. The Bertz CT molecular complexity index is 746. The predicted octanol–water partition coefficient (Wildman–Crippen LogP) is 2.05. The van der Waals surface area contributed by atoms with Gasteiger partial charge >= 0.3 is 0 Å². The number of nitriles is 1. The number of aromatic nitrogens is 1. The number of hydrogen-bond donors (Lipinski definition) is 0. The van der Waals surface area contributed by atoms with Gasteiger partial charge in [-0.25, -0.2) is 9.37 Å². The van der Waals surface area contributed by atoms with Crippen LogP contribution in [0.2, 0.25) is 0 Å². The van der Waals surface area contributed by atoms with Crippen molar-refractivity contribution in [2.45, 2.75) is 0 Å². The van der Waals surface area contributed by atoms with Crippen LogP contribution >= 0.6 is 0 Å². The molecule has 0 saturated carbocycles. The van der Waals surface area contributed by atoms with Gasteiger partial charge in [-0.1, -0.05) is 6.07 Å². The summed E-state index contributed by atoms with van der Waals surface area (Å²) in [6.07, 6.45) is 1.54. The zero-order valence-electron chi connectivity index (χ0n) is 12.4. The van der Waals surface area contributed by atoms with Crippen molar-refractivity contribution in [3.8, 4) is 6.07 Å². The topological polar surface area (TPSA) is 60.2 Å². The van der Waals surface area contributed by atoms with E-state index >= 15 is 0 Å². The van der Waals surface area contributed by atoms with E-state index in [1.165, 1.54) is 12.1 Å². The first-order valence-corrected chi connectivity index (χ1v) is 7.33. The molecule has 116 valence electrons. The number of halogens is 1. The van der Waals surface area contributed by atoms with Crippen molar-refractivity contribution < 1.29 is 9.18 Å². The first-order valence-electron chi connectivity index (χ1n) is 7.33. The maximum absolute atomic E-state index is 13.2. The molecular formula is C17H15FN4O. The van der Waals surface area contributed by atoms with E-state index in [0.29, 0.717) is 37.3 Å². The highest BCUT2D eigenvalue weighted by atomic mass is 19.1. The second-order valence-corrected chi connectivity index (χ2v) is 5.31. The Morgan fingerprint density at radius 3 is 2.57 bits per heavy atom. The Morgan fingerprint density at radius 2 is 1.96 bits per heavy atom. The lowest BCUT2D eigenvalue weighted by atomic mass is 10.1. The van der Waals surface area contributed by atoms with Gasteiger partial charge in [-0.05, 0) is 30.3 Å². The Kier molecular flexibility index (Phi) is 4.20. The van der Waals surface area contributed by atoms with E-state index < -0.39 is 5.82 Å². The third-order valence-corrected chi connectivity index (χ3v) is 3.84. The van der Waals surface area contributed by atoms with E-state index in [1.807, 2.05) is 12.1 Å². The van der Waals surface area contributed by atoms with Gasteiger partial charge in [-0.2, -0.15) is 5.26 Å². The van der Waals surface area contributed by atoms with E-state index in [2.05, 4.69) is 9.88 Å². The van der Waals surface area contributed by atoms with Crippen molar-refractivity contribution in [2.75, 3.05) is 31.1 Å². The SMILES string of the molecule is N#Cc1ccc(N2CCN(C(=O)c3cccc(F)c3)CC2)nc1. The number of carbonyl (C=O) groups excluding carboxylic acids is 1. The van der Waals surface area contributed by atoms with Crippen LogP contribution in [0.5, 0.6) is 0 Å². The average molecular weight is 310 g/mol. The Hall–Kier alpha value is -2.94. The smallest absolute Gasteiger partial charge is 0.254 e. The van der Waals surface area contributed by atoms with Crippen LogP contribution in [-0.4, -0.2) is 42.0 Å². The van der Waals surface area contributed by atoms with Crippen molar-refractivity contribution in [1.29, 1.82) is 5.26 Å². The zero-order chi connectivity index (χ0) is 16.2. The van der Waals surface area contributed by atoms with Crippen LogP contribution in [0.1, 0.15) is 15.9 Å². The minimum absolute atomic E-state index is 0.156. The number of amides is 1. The van der Waals surface area contributed by atoms with Crippen LogP contribution in [0.3, 0.4) is 0 Å². The minimum atomic E-state index is -0.406. The monoisotopic (exact) mass is 310 g/mol. The summed E-state index contributed by atoms with van der Waals surface area (Å²) in [5.41, 5.74) is 0.892. The molecule has 1 aromatic heterocycles. The first kappa shape index (κ1) is 15.0. The molecule has 1 aliphatic heterocycles. The van der Waals surface area contributed by atoms with Crippen molar-refractivity contribution in [3.05, 3.63) is 59.5 Å².